The Balaban J connectivity index is 2.72. The van der Waals surface area contributed by atoms with Gasteiger partial charge in [0.05, 0.1) is 12.1 Å². The van der Waals surface area contributed by atoms with E-state index in [4.69, 9.17) is 5.11 Å². The number of nitrogens with one attached hydrogen (secondary N) is 1. The molecule has 0 aliphatic carbocycles. The van der Waals surface area contributed by atoms with Gasteiger partial charge in [-0.1, -0.05) is 24.3 Å². The molecule has 3 N–H and O–H groups in total. The molecular formula is C12H18FNO2. The van der Waals surface area contributed by atoms with E-state index in [-0.39, 0.29) is 6.61 Å². The third kappa shape index (κ3) is 3.27. The highest BCUT2D eigenvalue weighted by atomic mass is 19.1. The molecule has 0 saturated carbocycles. The van der Waals surface area contributed by atoms with Crippen LogP contribution < -0.4 is 5.32 Å². The standard InChI is InChI=1S/C12H18FNO2/c1-14-11(8-13)12(16)10-4-2-9(3-5-10)6-7-15/h2-5,11-12,14-16H,6-8H2,1H3. The van der Waals surface area contributed by atoms with Crippen molar-refractivity contribution in [1.29, 1.82) is 0 Å². The van der Waals surface area contributed by atoms with E-state index in [9.17, 15) is 9.50 Å². The number of aliphatic hydroxyl groups excluding tert-OH is 2. The van der Waals surface area contributed by atoms with Crippen molar-refractivity contribution < 1.29 is 14.6 Å². The number of aliphatic hydroxyl groups is 2. The van der Waals surface area contributed by atoms with Gasteiger partial charge in [0.2, 0.25) is 0 Å². The molecular weight excluding hydrogens is 209 g/mol. The highest BCUT2D eigenvalue weighted by molar-refractivity contribution is 5.25. The van der Waals surface area contributed by atoms with E-state index in [1.54, 1.807) is 19.2 Å². The van der Waals surface area contributed by atoms with Crippen molar-refractivity contribution >= 4 is 0 Å². The molecule has 1 rings (SSSR count). The van der Waals surface area contributed by atoms with E-state index in [1.807, 2.05) is 12.1 Å². The smallest absolute Gasteiger partial charge is 0.108 e. The molecule has 0 aromatic heterocycles. The summed E-state index contributed by atoms with van der Waals surface area (Å²) in [6.45, 7) is -0.512. The summed E-state index contributed by atoms with van der Waals surface area (Å²) < 4.78 is 12.5. The van der Waals surface area contributed by atoms with Gasteiger partial charge in [0.25, 0.3) is 0 Å². The van der Waals surface area contributed by atoms with Gasteiger partial charge in [-0.15, -0.1) is 0 Å². The van der Waals surface area contributed by atoms with Crippen LogP contribution in [0.5, 0.6) is 0 Å². The molecule has 0 saturated heterocycles. The second kappa shape index (κ2) is 6.58. The van der Waals surface area contributed by atoms with Gasteiger partial charge in [0.1, 0.15) is 6.67 Å². The molecule has 1 aromatic rings. The van der Waals surface area contributed by atoms with Crippen molar-refractivity contribution in [3.63, 3.8) is 0 Å². The van der Waals surface area contributed by atoms with Crippen LogP contribution in [0.25, 0.3) is 0 Å². The Morgan fingerprint density at radius 2 is 1.94 bits per heavy atom. The van der Waals surface area contributed by atoms with Gasteiger partial charge in [0.15, 0.2) is 0 Å². The Labute approximate surface area is 94.9 Å². The number of alkyl halides is 1. The maximum absolute atomic E-state index is 12.5. The van der Waals surface area contributed by atoms with Crippen LogP contribution >= 0.6 is 0 Å². The first-order valence-electron chi connectivity index (χ1n) is 5.34. The molecule has 0 amide bonds. The lowest BCUT2D eigenvalue weighted by Crippen LogP contribution is -2.33. The van der Waals surface area contributed by atoms with Crippen molar-refractivity contribution in [1.82, 2.24) is 5.32 Å². The summed E-state index contributed by atoms with van der Waals surface area (Å²) in [4.78, 5) is 0. The Bertz CT molecular complexity index is 298. The predicted molar refractivity (Wildman–Crippen MR) is 61.0 cm³/mol. The lowest BCUT2D eigenvalue weighted by Gasteiger charge is -2.19. The summed E-state index contributed by atoms with van der Waals surface area (Å²) in [5, 5.41) is 21.3. The molecule has 4 heteroatoms. The molecule has 0 heterocycles. The van der Waals surface area contributed by atoms with E-state index < -0.39 is 18.8 Å². The van der Waals surface area contributed by atoms with Gasteiger partial charge in [-0.3, -0.25) is 0 Å². The van der Waals surface area contributed by atoms with Crippen LogP contribution in [0.2, 0.25) is 0 Å². The summed E-state index contributed by atoms with van der Waals surface area (Å²) >= 11 is 0. The highest BCUT2D eigenvalue weighted by Crippen LogP contribution is 2.18. The van der Waals surface area contributed by atoms with Crippen LogP contribution in [0.3, 0.4) is 0 Å². The molecule has 0 spiro atoms. The molecule has 16 heavy (non-hydrogen) atoms. The van der Waals surface area contributed by atoms with E-state index in [2.05, 4.69) is 5.32 Å². The minimum Gasteiger partial charge on any atom is -0.396 e. The van der Waals surface area contributed by atoms with Crippen LogP contribution in [0.4, 0.5) is 4.39 Å². The zero-order valence-electron chi connectivity index (χ0n) is 9.36. The van der Waals surface area contributed by atoms with Gasteiger partial charge >= 0.3 is 0 Å². The lowest BCUT2D eigenvalue weighted by molar-refractivity contribution is 0.117. The van der Waals surface area contributed by atoms with Gasteiger partial charge in [0, 0.05) is 6.61 Å². The molecule has 0 aliphatic rings. The average Bonchev–Trinajstić information content (AvgIpc) is 2.32. The number of halogens is 1. The Hall–Kier alpha value is -0.970. The summed E-state index contributed by atoms with van der Waals surface area (Å²) in [7, 11) is 1.62. The van der Waals surface area contributed by atoms with Gasteiger partial charge in [-0.2, -0.15) is 0 Å². The maximum Gasteiger partial charge on any atom is 0.108 e. The monoisotopic (exact) mass is 227 g/mol. The fourth-order valence-electron chi connectivity index (χ4n) is 1.56. The van der Waals surface area contributed by atoms with Crippen LogP contribution in [-0.4, -0.2) is 36.6 Å². The largest absolute Gasteiger partial charge is 0.396 e. The summed E-state index contributed by atoms with van der Waals surface area (Å²) in [5.41, 5.74) is 1.68. The molecule has 2 unspecified atom stereocenters. The first kappa shape index (κ1) is 13.1. The van der Waals surface area contributed by atoms with Crippen molar-refractivity contribution in [2.24, 2.45) is 0 Å². The van der Waals surface area contributed by atoms with E-state index >= 15 is 0 Å². The topological polar surface area (TPSA) is 52.5 Å². The summed E-state index contributed by atoms with van der Waals surface area (Å²) in [5.74, 6) is 0. The van der Waals surface area contributed by atoms with Crippen LogP contribution in [-0.2, 0) is 6.42 Å². The van der Waals surface area contributed by atoms with Crippen LogP contribution in [0, 0.1) is 0 Å². The number of benzene rings is 1. The average molecular weight is 227 g/mol. The van der Waals surface area contributed by atoms with Crippen LogP contribution in [0.15, 0.2) is 24.3 Å². The minimum absolute atomic E-state index is 0.103. The van der Waals surface area contributed by atoms with Crippen molar-refractivity contribution in [2.75, 3.05) is 20.3 Å². The molecule has 0 aliphatic heterocycles. The van der Waals surface area contributed by atoms with Crippen molar-refractivity contribution in [3.05, 3.63) is 35.4 Å². The van der Waals surface area contributed by atoms with Gasteiger partial charge in [-0.05, 0) is 24.6 Å². The first-order valence-corrected chi connectivity index (χ1v) is 5.34. The number of likely N-dealkylation sites (N-methyl/N-ethyl adjacent to an activating group) is 1. The van der Waals surface area contributed by atoms with E-state index in [0.29, 0.717) is 12.0 Å². The molecule has 1 aromatic carbocycles. The molecule has 0 radical (unpaired) electrons. The Kier molecular flexibility index (Phi) is 5.38. The second-order valence-electron chi connectivity index (χ2n) is 3.71. The SMILES string of the molecule is CNC(CF)C(O)c1ccc(CCO)cc1. The molecule has 90 valence electrons. The summed E-state index contributed by atoms with van der Waals surface area (Å²) in [6.07, 6.45) is -0.257. The minimum atomic E-state index is -0.849. The number of rotatable bonds is 6. The lowest BCUT2D eigenvalue weighted by atomic mass is 10.0. The fourth-order valence-corrected chi connectivity index (χ4v) is 1.56. The Morgan fingerprint density at radius 3 is 2.38 bits per heavy atom. The van der Waals surface area contributed by atoms with Gasteiger partial charge in [-0.25, -0.2) is 4.39 Å². The van der Waals surface area contributed by atoms with E-state index in [1.165, 1.54) is 0 Å². The van der Waals surface area contributed by atoms with Crippen molar-refractivity contribution in [3.8, 4) is 0 Å². The number of hydrogen-bond acceptors (Lipinski definition) is 3. The third-order valence-corrected chi connectivity index (χ3v) is 2.64. The van der Waals surface area contributed by atoms with Crippen LogP contribution in [0.1, 0.15) is 17.2 Å². The number of hydrogen-bond donors (Lipinski definition) is 3. The molecule has 3 nitrogen and oxygen atoms in total. The fraction of sp³-hybridized carbons (Fsp3) is 0.500. The third-order valence-electron chi connectivity index (χ3n) is 2.64. The van der Waals surface area contributed by atoms with Crippen molar-refractivity contribution in [2.45, 2.75) is 18.6 Å². The molecule has 0 fully saturated rings. The summed E-state index contributed by atoms with van der Waals surface area (Å²) in [6, 6.07) is 6.61. The zero-order chi connectivity index (χ0) is 12.0. The zero-order valence-corrected chi connectivity index (χ0v) is 9.36. The second-order valence-corrected chi connectivity index (χ2v) is 3.71. The Morgan fingerprint density at radius 1 is 1.31 bits per heavy atom. The maximum atomic E-state index is 12.5. The van der Waals surface area contributed by atoms with E-state index in [0.717, 1.165) is 5.56 Å². The molecule has 0 bridgehead atoms. The normalized spacial score (nSPS) is 14.8. The molecule has 2 atom stereocenters. The first-order chi connectivity index (χ1) is 7.72. The van der Waals surface area contributed by atoms with Gasteiger partial charge < -0.3 is 15.5 Å². The predicted octanol–water partition coefficient (Wildman–Crippen LogP) is 0.812. The quantitative estimate of drug-likeness (QED) is 0.674. The highest BCUT2D eigenvalue weighted by Gasteiger charge is 2.18.